The molecule has 34 heavy (non-hydrogen) atoms. The number of hydrogen-bond acceptors (Lipinski definition) is 7. The van der Waals surface area contributed by atoms with Crippen LogP contribution in [0, 0.1) is 0 Å². The number of amides is 1. The maximum atomic E-state index is 11.8. The molecule has 5 rings (SSSR count). The summed E-state index contributed by atoms with van der Waals surface area (Å²) in [5.41, 5.74) is 5.41. The Balaban J connectivity index is 1.42. The predicted octanol–water partition coefficient (Wildman–Crippen LogP) is 3.82. The molecule has 1 amide bonds. The molecular weight excluding hydrogens is 428 g/mol. The number of pyridine rings is 1. The Bertz CT molecular complexity index is 1220. The highest BCUT2D eigenvalue weighted by molar-refractivity contribution is 5.79. The van der Waals surface area contributed by atoms with Gasteiger partial charge >= 0.3 is 0 Å². The van der Waals surface area contributed by atoms with Gasteiger partial charge in [0.1, 0.15) is 24.5 Å². The molecule has 0 saturated carbocycles. The van der Waals surface area contributed by atoms with Crippen LogP contribution in [0.5, 0.6) is 0 Å². The molecule has 172 valence electrons. The lowest BCUT2D eigenvalue weighted by molar-refractivity contribution is -0.129. The van der Waals surface area contributed by atoms with Gasteiger partial charge in [-0.1, -0.05) is 12.1 Å². The summed E-state index contributed by atoms with van der Waals surface area (Å²) in [5.74, 6) is 1.22. The van der Waals surface area contributed by atoms with Crippen LogP contribution in [0.2, 0.25) is 0 Å². The molecule has 1 aromatic carbocycles. The van der Waals surface area contributed by atoms with Crippen LogP contribution in [-0.2, 0) is 9.59 Å². The molecule has 1 fully saturated rings. The highest BCUT2D eigenvalue weighted by Gasteiger charge is 2.24. The number of aldehydes is 1. The topological polar surface area (TPSA) is 100 Å². The molecule has 4 heterocycles. The van der Waals surface area contributed by atoms with E-state index in [4.69, 9.17) is 4.98 Å². The van der Waals surface area contributed by atoms with E-state index in [1.165, 1.54) is 11.9 Å². The van der Waals surface area contributed by atoms with Crippen LogP contribution in [0.3, 0.4) is 0 Å². The van der Waals surface area contributed by atoms with E-state index in [1.807, 2.05) is 29.2 Å². The lowest BCUT2D eigenvalue weighted by atomic mass is 9.89. The Morgan fingerprint density at radius 1 is 1.15 bits per heavy atom. The van der Waals surface area contributed by atoms with Crippen molar-refractivity contribution in [2.45, 2.75) is 31.7 Å². The summed E-state index contributed by atoms with van der Waals surface area (Å²) in [6.45, 7) is 3.24. The Morgan fingerprint density at radius 2 is 1.88 bits per heavy atom. The second kappa shape index (κ2) is 9.43. The lowest BCUT2D eigenvalue weighted by Gasteiger charge is -2.31. The number of rotatable bonds is 5. The fraction of sp³-hybridized carbons (Fsp3) is 0.269. The van der Waals surface area contributed by atoms with E-state index in [0.717, 1.165) is 60.3 Å². The molecule has 2 aliphatic heterocycles. The molecule has 0 bridgehead atoms. The summed E-state index contributed by atoms with van der Waals surface area (Å²) in [5, 5.41) is 6.51. The molecule has 1 saturated heterocycles. The van der Waals surface area contributed by atoms with Gasteiger partial charge in [-0.2, -0.15) is 0 Å². The van der Waals surface area contributed by atoms with E-state index in [0.29, 0.717) is 11.7 Å². The van der Waals surface area contributed by atoms with Crippen LogP contribution >= 0.6 is 0 Å². The number of fused-ring (bicyclic) bond motifs is 1. The molecule has 0 aliphatic carbocycles. The van der Waals surface area contributed by atoms with Gasteiger partial charge in [0.05, 0.1) is 5.69 Å². The highest BCUT2D eigenvalue weighted by Crippen LogP contribution is 2.34. The van der Waals surface area contributed by atoms with E-state index in [-0.39, 0.29) is 5.91 Å². The Labute approximate surface area is 198 Å². The molecule has 3 aromatic rings. The average Bonchev–Trinajstić information content (AvgIpc) is 2.89. The van der Waals surface area contributed by atoms with E-state index in [2.05, 4.69) is 32.7 Å². The minimum Gasteiger partial charge on any atom is -0.378 e. The number of hydrogen-bond donors (Lipinski definition) is 2. The predicted molar refractivity (Wildman–Crippen MR) is 130 cm³/mol. The number of carbonyl (C=O) groups excluding carboxylic acids is 2. The van der Waals surface area contributed by atoms with Gasteiger partial charge in [0.2, 0.25) is 5.91 Å². The van der Waals surface area contributed by atoms with Crippen molar-refractivity contribution in [3.05, 3.63) is 71.9 Å². The van der Waals surface area contributed by atoms with Gasteiger partial charge in [-0.15, -0.1) is 0 Å². The molecule has 0 spiro atoms. The summed E-state index contributed by atoms with van der Waals surface area (Å²) in [6.07, 6.45) is 11.5. The molecule has 0 radical (unpaired) electrons. The van der Waals surface area contributed by atoms with Crippen LogP contribution in [0.25, 0.3) is 17.3 Å². The molecule has 8 heteroatoms. The maximum absolute atomic E-state index is 11.8. The third-order valence-corrected chi connectivity index (χ3v) is 6.52. The zero-order valence-corrected chi connectivity index (χ0v) is 18.9. The molecule has 1 unspecified atom stereocenters. The van der Waals surface area contributed by atoms with Crippen molar-refractivity contribution in [1.82, 2.24) is 25.2 Å². The molecule has 8 nitrogen and oxygen atoms in total. The monoisotopic (exact) mass is 454 g/mol. The average molecular weight is 455 g/mol. The number of anilines is 2. The first kappa shape index (κ1) is 21.8. The van der Waals surface area contributed by atoms with Gasteiger partial charge in [0.25, 0.3) is 0 Å². The minimum absolute atomic E-state index is 0.149. The number of nitrogens with one attached hydrogen (secondary N) is 2. The smallest absolute Gasteiger partial charge is 0.219 e. The third kappa shape index (κ3) is 4.39. The number of carbonyl (C=O) groups is 2. The standard InChI is InChI=1S/C26H26N6O2/c1-17(34)32-10-7-19(8-11-32)18-2-4-22(5-3-18)30-26-25-20(6-9-29-24(25)15-33)12-23(31-26)21-13-27-16-28-14-21/h2-6,9,12-16,19,24,29H,7-8,10-11H2,1H3,(H,30,31). The van der Waals surface area contributed by atoms with Crippen molar-refractivity contribution in [2.24, 2.45) is 0 Å². The lowest BCUT2D eigenvalue weighted by Crippen LogP contribution is -2.36. The third-order valence-electron chi connectivity index (χ3n) is 6.52. The summed E-state index contributed by atoms with van der Waals surface area (Å²) in [7, 11) is 0. The van der Waals surface area contributed by atoms with Crippen molar-refractivity contribution in [1.29, 1.82) is 0 Å². The van der Waals surface area contributed by atoms with E-state index in [1.54, 1.807) is 25.5 Å². The van der Waals surface area contributed by atoms with Crippen LogP contribution in [0.4, 0.5) is 11.5 Å². The quantitative estimate of drug-likeness (QED) is 0.565. The van der Waals surface area contributed by atoms with Crippen LogP contribution in [0.1, 0.15) is 48.4 Å². The normalized spacial score (nSPS) is 17.6. The molecule has 2 aliphatic rings. The van der Waals surface area contributed by atoms with E-state index in [9.17, 15) is 9.59 Å². The summed E-state index contributed by atoms with van der Waals surface area (Å²) in [6, 6.07) is 9.81. The minimum atomic E-state index is -0.484. The SMILES string of the molecule is CC(=O)N1CCC(c2ccc(Nc3nc(-c4cncnc4)cc4c3C(C=O)NC=C4)cc2)CC1. The Morgan fingerprint density at radius 3 is 2.56 bits per heavy atom. The summed E-state index contributed by atoms with van der Waals surface area (Å²) in [4.78, 5) is 38.3. The van der Waals surface area contributed by atoms with Gasteiger partial charge in [-0.05, 0) is 60.4 Å². The van der Waals surface area contributed by atoms with Gasteiger partial charge in [0.15, 0.2) is 0 Å². The first-order chi connectivity index (χ1) is 16.6. The van der Waals surface area contributed by atoms with Crippen LogP contribution in [-0.4, -0.2) is 45.1 Å². The van der Waals surface area contributed by atoms with Crippen LogP contribution in [0.15, 0.2) is 55.3 Å². The Kier molecular flexibility index (Phi) is 6.03. The van der Waals surface area contributed by atoms with Gasteiger partial charge in [-0.3, -0.25) is 4.79 Å². The second-order valence-corrected chi connectivity index (χ2v) is 8.63. The zero-order chi connectivity index (χ0) is 23.5. The first-order valence-corrected chi connectivity index (χ1v) is 11.4. The van der Waals surface area contributed by atoms with Crippen molar-refractivity contribution in [2.75, 3.05) is 18.4 Å². The van der Waals surface area contributed by atoms with Gasteiger partial charge < -0.3 is 20.3 Å². The number of nitrogens with zero attached hydrogens (tertiary/aromatic N) is 4. The van der Waals surface area contributed by atoms with Gasteiger partial charge in [-0.25, -0.2) is 15.0 Å². The number of likely N-dealkylation sites (tertiary alicyclic amines) is 1. The summed E-state index contributed by atoms with van der Waals surface area (Å²) < 4.78 is 0. The largest absolute Gasteiger partial charge is 0.378 e. The zero-order valence-electron chi connectivity index (χ0n) is 18.9. The fourth-order valence-electron chi connectivity index (χ4n) is 4.65. The summed E-state index contributed by atoms with van der Waals surface area (Å²) >= 11 is 0. The van der Waals surface area contributed by atoms with Gasteiger partial charge in [0, 0.05) is 49.2 Å². The number of benzene rings is 1. The fourth-order valence-corrected chi connectivity index (χ4v) is 4.65. The highest BCUT2D eigenvalue weighted by atomic mass is 16.2. The van der Waals surface area contributed by atoms with Crippen LogP contribution < -0.4 is 10.6 Å². The number of aromatic nitrogens is 3. The molecule has 2 aromatic heterocycles. The van der Waals surface area contributed by atoms with E-state index >= 15 is 0 Å². The first-order valence-electron chi connectivity index (χ1n) is 11.4. The molecule has 1 atom stereocenters. The maximum Gasteiger partial charge on any atom is 0.219 e. The second-order valence-electron chi connectivity index (χ2n) is 8.63. The number of piperidine rings is 1. The van der Waals surface area contributed by atoms with Crippen molar-refractivity contribution in [3.63, 3.8) is 0 Å². The van der Waals surface area contributed by atoms with Crippen molar-refractivity contribution in [3.8, 4) is 11.3 Å². The molecule has 2 N–H and O–H groups in total. The Hall–Kier alpha value is -4.07. The molecular formula is C26H26N6O2. The van der Waals surface area contributed by atoms with Crippen molar-refractivity contribution >= 4 is 29.8 Å². The van der Waals surface area contributed by atoms with Crippen molar-refractivity contribution < 1.29 is 9.59 Å². The van der Waals surface area contributed by atoms with E-state index < -0.39 is 6.04 Å².